The van der Waals surface area contributed by atoms with Gasteiger partial charge in [-0.2, -0.15) is 0 Å². The van der Waals surface area contributed by atoms with E-state index in [1.807, 2.05) is 0 Å². The average Bonchev–Trinajstić information content (AvgIpc) is 2.21. The zero-order chi connectivity index (χ0) is 10.6. The number of rotatable bonds is 9. The molecule has 0 aliphatic heterocycles. The lowest BCUT2D eigenvalue weighted by Gasteiger charge is -2.06. The first-order chi connectivity index (χ1) is 6.85. The van der Waals surface area contributed by atoms with Crippen LogP contribution in [0.5, 0.6) is 0 Å². The van der Waals surface area contributed by atoms with Gasteiger partial charge in [-0.3, -0.25) is 0 Å². The fraction of sp³-hybridized carbons (Fsp3) is 0.846. The van der Waals surface area contributed by atoms with E-state index in [4.69, 9.17) is 5.11 Å². The van der Waals surface area contributed by atoms with Gasteiger partial charge in [-0.05, 0) is 38.5 Å². The van der Waals surface area contributed by atoms with E-state index in [9.17, 15) is 0 Å². The smallest absolute Gasteiger partial charge is 0.0433 e. The standard InChI is InChI=1S/C13H26O/c1-3-5-9-13(10-6-4-2)11-7-8-12-14/h11,14H,3-10,12H2,1-2H3. The summed E-state index contributed by atoms with van der Waals surface area (Å²) in [7, 11) is 0. The maximum absolute atomic E-state index is 8.70. The second kappa shape index (κ2) is 10.8. The van der Waals surface area contributed by atoms with Gasteiger partial charge in [0, 0.05) is 6.61 Å². The summed E-state index contributed by atoms with van der Waals surface area (Å²) in [5.74, 6) is 0. The number of hydrogen-bond donors (Lipinski definition) is 1. The Hall–Kier alpha value is -0.300. The van der Waals surface area contributed by atoms with E-state index in [1.54, 1.807) is 5.57 Å². The SMILES string of the molecule is CCCCC(=CCCCO)CCCC. The predicted molar refractivity (Wildman–Crippen MR) is 63.5 cm³/mol. The zero-order valence-electron chi connectivity index (χ0n) is 9.89. The monoisotopic (exact) mass is 198 g/mol. The Morgan fingerprint density at radius 3 is 2.00 bits per heavy atom. The van der Waals surface area contributed by atoms with Crippen LogP contribution < -0.4 is 0 Å². The van der Waals surface area contributed by atoms with Gasteiger partial charge in [0.2, 0.25) is 0 Å². The predicted octanol–water partition coefficient (Wildman–Crippen LogP) is 4.07. The molecule has 0 radical (unpaired) electrons. The molecule has 1 heteroatoms. The van der Waals surface area contributed by atoms with Crippen LogP contribution in [0.25, 0.3) is 0 Å². The van der Waals surface area contributed by atoms with Crippen molar-refractivity contribution in [3.63, 3.8) is 0 Å². The molecule has 0 heterocycles. The Morgan fingerprint density at radius 1 is 1.00 bits per heavy atom. The molecule has 1 N–H and O–H groups in total. The molecule has 0 aromatic rings. The maximum Gasteiger partial charge on any atom is 0.0433 e. The maximum atomic E-state index is 8.70. The zero-order valence-corrected chi connectivity index (χ0v) is 9.89. The summed E-state index contributed by atoms with van der Waals surface area (Å²) in [6.07, 6.45) is 12.0. The lowest BCUT2D eigenvalue weighted by Crippen LogP contribution is -1.87. The van der Waals surface area contributed by atoms with Crippen molar-refractivity contribution in [2.75, 3.05) is 6.61 Å². The van der Waals surface area contributed by atoms with Gasteiger partial charge < -0.3 is 5.11 Å². The van der Waals surface area contributed by atoms with Crippen LogP contribution in [-0.4, -0.2) is 11.7 Å². The Kier molecular flexibility index (Phi) is 10.5. The van der Waals surface area contributed by atoms with Crippen molar-refractivity contribution in [2.24, 2.45) is 0 Å². The fourth-order valence-electron chi connectivity index (χ4n) is 1.53. The van der Waals surface area contributed by atoms with E-state index >= 15 is 0 Å². The lowest BCUT2D eigenvalue weighted by atomic mass is 10.0. The van der Waals surface area contributed by atoms with Gasteiger partial charge in [0.25, 0.3) is 0 Å². The third-order valence-electron chi connectivity index (χ3n) is 2.50. The van der Waals surface area contributed by atoms with E-state index in [0.717, 1.165) is 12.8 Å². The topological polar surface area (TPSA) is 20.2 Å². The van der Waals surface area contributed by atoms with Crippen LogP contribution in [0.4, 0.5) is 0 Å². The minimum Gasteiger partial charge on any atom is -0.396 e. The van der Waals surface area contributed by atoms with Crippen LogP contribution in [-0.2, 0) is 0 Å². The van der Waals surface area contributed by atoms with Gasteiger partial charge in [0.1, 0.15) is 0 Å². The molecule has 0 bridgehead atoms. The first-order valence-corrected chi connectivity index (χ1v) is 6.13. The lowest BCUT2D eigenvalue weighted by molar-refractivity contribution is 0.289. The second-order valence-electron chi connectivity index (χ2n) is 3.94. The fourth-order valence-corrected chi connectivity index (χ4v) is 1.53. The molecule has 0 fully saturated rings. The van der Waals surface area contributed by atoms with E-state index in [2.05, 4.69) is 19.9 Å². The van der Waals surface area contributed by atoms with Crippen molar-refractivity contribution in [2.45, 2.75) is 65.2 Å². The molecule has 0 spiro atoms. The highest BCUT2D eigenvalue weighted by atomic mass is 16.2. The largest absolute Gasteiger partial charge is 0.396 e. The summed E-state index contributed by atoms with van der Waals surface area (Å²) in [5.41, 5.74) is 1.61. The number of aliphatic hydroxyl groups is 1. The molecule has 14 heavy (non-hydrogen) atoms. The average molecular weight is 198 g/mol. The molecule has 0 aliphatic rings. The molecule has 1 nitrogen and oxygen atoms in total. The number of allylic oxidation sites excluding steroid dienone is 2. The summed E-state index contributed by atoms with van der Waals surface area (Å²) in [4.78, 5) is 0. The summed E-state index contributed by atoms with van der Waals surface area (Å²) in [6.45, 7) is 4.81. The normalized spacial score (nSPS) is 10.2. The van der Waals surface area contributed by atoms with Gasteiger partial charge >= 0.3 is 0 Å². The Bertz CT molecular complexity index is 128. The van der Waals surface area contributed by atoms with E-state index < -0.39 is 0 Å². The molecular formula is C13H26O. The highest BCUT2D eigenvalue weighted by Gasteiger charge is 1.96. The molecule has 0 saturated heterocycles. The van der Waals surface area contributed by atoms with Gasteiger partial charge in [-0.25, -0.2) is 0 Å². The summed E-state index contributed by atoms with van der Waals surface area (Å²) in [5, 5.41) is 8.70. The van der Waals surface area contributed by atoms with Crippen LogP contribution in [0.2, 0.25) is 0 Å². The first-order valence-electron chi connectivity index (χ1n) is 6.13. The molecule has 0 saturated carbocycles. The van der Waals surface area contributed by atoms with Crippen molar-refractivity contribution in [3.8, 4) is 0 Å². The third-order valence-corrected chi connectivity index (χ3v) is 2.50. The number of unbranched alkanes of at least 4 members (excludes halogenated alkanes) is 3. The highest BCUT2D eigenvalue weighted by Crippen LogP contribution is 2.16. The number of aliphatic hydroxyl groups excluding tert-OH is 1. The van der Waals surface area contributed by atoms with Gasteiger partial charge in [0.05, 0.1) is 0 Å². The summed E-state index contributed by atoms with van der Waals surface area (Å²) in [6, 6.07) is 0. The highest BCUT2D eigenvalue weighted by molar-refractivity contribution is 5.01. The molecule has 84 valence electrons. The minimum absolute atomic E-state index is 0.325. The van der Waals surface area contributed by atoms with Crippen molar-refractivity contribution >= 4 is 0 Å². The quantitative estimate of drug-likeness (QED) is 0.437. The molecule has 0 aliphatic carbocycles. The molecule has 0 atom stereocenters. The van der Waals surface area contributed by atoms with Crippen LogP contribution in [0, 0.1) is 0 Å². The molecule has 0 rings (SSSR count). The molecule has 0 amide bonds. The van der Waals surface area contributed by atoms with Crippen LogP contribution in [0.3, 0.4) is 0 Å². The summed E-state index contributed by atoms with van der Waals surface area (Å²) < 4.78 is 0. The van der Waals surface area contributed by atoms with Crippen molar-refractivity contribution in [1.29, 1.82) is 0 Å². The first kappa shape index (κ1) is 13.7. The van der Waals surface area contributed by atoms with E-state index in [0.29, 0.717) is 6.61 Å². The van der Waals surface area contributed by atoms with E-state index in [-0.39, 0.29) is 0 Å². The van der Waals surface area contributed by atoms with Gasteiger partial charge in [-0.1, -0.05) is 38.3 Å². The minimum atomic E-state index is 0.325. The second-order valence-corrected chi connectivity index (χ2v) is 3.94. The van der Waals surface area contributed by atoms with Gasteiger partial charge in [0.15, 0.2) is 0 Å². The Labute approximate surface area is 89.2 Å². The van der Waals surface area contributed by atoms with Crippen molar-refractivity contribution in [1.82, 2.24) is 0 Å². The molecular weight excluding hydrogens is 172 g/mol. The molecule has 0 aromatic carbocycles. The van der Waals surface area contributed by atoms with Crippen LogP contribution in [0.1, 0.15) is 65.2 Å². The summed E-state index contributed by atoms with van der Waals surface area (Å²) >= 11 is 0. The Balaban J connectivity index is 3.75. The van der Waals surface area contributed by atoms with Crippen molar-refractivity contribution < 1.29 is 5.11 Å². The van der Waals surface area contributed by atoms with Crippen LogP contribution >= 0.6 is 0 Å². The van der Waals surface area contributed by atoms with Gasteiger partial charge in [-0.15, -0.1) is 0 Å². The molecule has 0 unspecified atom stereocenters. The van der Waals surface area contributed by atoms with Crippen molar-refractivity contribution in [3.05, 3.63) is 11.6 Å². The Morgan fingerprint density at radius 2 is 1.57 bits per heavy atom. The van der Waals surface area contributed by atoms with E-state index in [1.165, 1.54) is 38.5 Å². The third kappa shape index (κ3) is 8.31. The molecule has 0 aromatic heterocycles. The number of hydrogen-bond acceptors (Lipinski definition) is 1. The van der Waals surface area contributed by atoms with Crippen LogP contribution in [0.15, 0.2) is 11.6 Å².